The van der Waals surface area contributed by atoms with Gasteiger partial charge < -0.3 is 4.74 Å². The van der Waals surface area contributed by atoms with Gasteiger partial charge >= 0.3 is 0 Å². The summed E-state index contributed by atoms with van der Waals surface area (Å²) < 4.78 is 7.13. The fraction of sp³-hybridized carbons (Fsp3) is 0.556. The summed E-state index contributed by atoms with van der Waals surface area (Å²) in [6, 6.07) is 0. The van der Waals surface area contributed by atoms with Crippen LogP contribution in [0.2, 0.25) is 0 Å². The Morgan fingerprint density at radius 1 is 1.50 bits per heavy atom. The zero-order valence-electron chi connectivity index (χ0n) is 6.54. The molecule has 0 radical (unpaired) electrons. The highest BCUT2D eigenvalue weighted by Crippen LogP contribution is 2.33. The van der Waals surface area contributed by atoms with Crippen LogP contribution in [0.3, 0.4) is 0 Å². The molecule has 0 aromatic rings. The topological polar surface area (TPSA) is 9.23 Å². The highest BCUT2D eigenvalue weighted by atomic mass is 127. The number of ether oxygens (including phenoxy) is 1. The van der Waals surface area contributed by atoms with Crippen LogP contribution in [0, 0.1) is 0 Å². The first kappa shape index (κ1) is 9.21. The number of hydrogen-bond acceptors (Lipinski definition) is 1. The van der Waals surface area contributed by atoms with Crippen molar-refractivity contribution in [1.29, 1.82) is 0 Å². The Hall–Kier alpha value is 0.650. The lowest BCUT2D eigenvalue weighted by molar-refractivity contribution is 0.0764. The van der Waals surface area contributed by atoms with Gasteiger partial charge in [-0.3, -0.25) is 0 Å². The largest absolute Gasteiger partial charge is 0.369 e. The van der Waals surface area contributed by atoms with E-state index in [1.165, 1.54) is 16.4 Å². The van der Waals surface area contributed by atoms with Crippen LogP contribution in [-0.4, -0.2) is 17.0 Å². The zero-order valence-corrected chi connectivity index (χ0v) is 10.3. The first-order valence-corrected chi connectivity index (χ1v) is 6.10. The van der Waals surface area contributed by atoms with Crippen LogP contribution < -0.4 is 0 Å². The van der Waals surface area contributed by atoms with Crippen molar-refractivity contribution >= 4 is 38.5 Å². The molecule has 2 unspecified atom stereocenters. The average molecular weight is 341 g/mol. The van der Waals surface area contributed by atoms with Crippen molar-refractivity contribution in [3.05, 3.63) is 21.8 Å². The lowest BCUT2D eigenvalue weighted by Gasteiger charge is -2.22. The maximum atomic E-state index is 5.81. The Bertz CT molecular complexity index is 233. The molecule has 2 atom stereocenters. The standard InChI is InChI=1S/C9H10BrIO/c10-9-7(11)2-1-3-8(9)12-6-4-5-6/h1-3,6,8-9H,4-5H2. The number of hydrogen-bond donors (Lipinski definition) is 0. The lowest BCUT2D eigenvalue weighted by Crippen LogP contribution is -2.24. The quantitative estimate of drug-likeness (QED) is 0.554. The summed E-state index contributed by atoms with van der Waals surface area (Å²) in [5.41, 5.74) is 0. The minimum atomic E-state index is 0.245. The molecule has 0 aromatic carbocycles. The predicted octanol–water partition coefficient (Wildman–Crippen LogP) is 3.19. The third-order valence-corrected chi connectivity index (χ3v) is 4.88. The van der Waals surface area contributed by atoms with Crippen LogP contribution in [0.4, 0.5) is 0 Å². The molecule has 0 N–H and O–H groups in total. The second kappa shape index (κ2) is 3.80. The van der Waals surface area contributed by atoms with E-state index in [0.29, 0.717) is 10.9 Å². The molecule has 2 aliphatic carbocycles. The van der Waals surface area contributed by atoms with Crippen LogP contribution in [0.5, 0.6) is 0 Å². The first-order valence-electron chi connectivity index (χ1n) is 4.11. The van der Waals surface area contributed by atoms with Crippen molar-refractivity contribution in [1.82, 2.24) is 0 Å². The SMILES string of the molecule is BrC1C(I)=CC=CC1OC1CC1. The molecule has 2 rings (SSSR count). The van der Waals surface area contributed by atoms with Crippen LogP contribution in [-0.2, 0) is 4.74 Å². The Labute approximate surface area is 94.5 Å². The fourth-order valence-corrected chi connectivity index (χ4v) is 2.16. The second-order valence-electron chi connectivity index (χ2n) is 3.14. The zero-order chi connectivity index (χ0) is 8.55. The minimum Gasteiger partial charge on any atom is -0.369 e. The van der Waals surface area contributed by atoms with Gasteiger partial charge in [0, 0.05) is 3.58 Å². The molecule has 12 heavy (non-hydrogen) atoms. The van der Waals surface area contributed by atoms with E-state index in [0.717, 1.165) is 0 Å². The summed E-state index contributed by atoms with van der Waals surface area (Å²) in [5, 5.41) is 0. The molecule has 0 saturated heterocycles. The van der Waals surface area contributed by atoms with E-state index in [-0.39, 0.29) is 6.10 Å². The number of rotatable bonds is 2. The maximum Gasteiger partial charge on any atom is 0.0933 e. The molecular weight excluding hydrogens is 331 g/mol. The van der Waals surface area contributed by atoms with E-state index < -0.39 is 0 Å². The van der Waals surface area contributed by atoms with Crippen LogP contribution in [0.1, 0.15) is 12.8 Å². The van der Waals surface area contributed by atoms with E-state index >= 15 is 0 Å². The second-order valence-corrected chi connectivity index (χ2v) is 5.37. The van der Waals surface area contributed by atoms with Crippen LogP contribution in [0.25, 0.3) is 0 Å². The van der Waals surface area contributed by atoms with Crippen molar-refractivity contribution in [3.8, 4) is 0 Å². The van der Waals surface area contributed by atoms with Crippen LogP contribution >= 0.6 is 38.5 Å². The molecular formula is C9H10BrIO. The van der Waals surface area contributed by atoms with Crippen molar-refractivity contribution in [2.75, 3.05) is 0 Å². The summed E-state index contributed by atoms with van der Waals surface area (Å²) in [4.78, 5) is 0.365. The molecule has 1 nitrogen and oxygen atoms in total. The third kappa shape index (κ3) is 2.12. The summed E-state index contributed by atoms with van der Waals surface area (Å²) in [5.74, 6) is 0. The monoisotopic (exact) mass is 340 g/mol. The van der Waals surface area contributed by atoms with Gasteiger partial charge in [0.25, 0.3) is 0 Å². The van der Waals surface area contributed by atoms with E-state index in [1.54, 1.807) is 0 Å². The molecule has 1 saturated carbocycles. The molecule has 1 fully saturated rings. The van der Waals surface area contributed by atoms with Crippen molar-refractivity contribution in [3.63, 3.8) is 0 Å². The van der Waals surface area contributed by atoms with Gasteiger partial charge in [-0.25, -0.2) is 0 Å². The normalized spacial score (nSPS) is 35.0. The minimum absolute atomic E-state index is 0.245. The van der Waals surface area contributed by atoms with Gasteiger partial charge in [0.05, 0.1) is 17.0 Å². The Balaban J connectivity index is 1.97. The van der Waals surface area contributed by atoms with Crippen molar-refractivity contribution in [2.45, 2.75) is 29.9 Å². The van der Waals surface area contributed by atoms with Gasteiger partial charge in [-0.2, -0.15) is 0 Å². The molecule has 0 heterocycles. The van der Waals surface area contributed by atoms with Gasteiger partial charge in [-0.1, -0.05) is 34.2 Å². The highest BCUT2D eigenvalue weighted by molar-refractivity contribution is 14.1. The van der Waals surface area contributed by atoms with E-state index in [2.05, 4.69) is 56.7 Å². The predicted molar refractivity (Wildman–Crippen MR) is 61.9 cm³/mol. The molecule has 2 aliphatic rings. The maximum absolute atomic E-state index is 5.81. The van der Waals surface area contributed by atoms with Crippen LogP contribution in [0.15, 0.2) is 21.8 Å². The smallest absolute Gasteiger partial charge is 0.0933 e. The number of alkyl halides is 1. The van der Waals surface area contributed by atoms with Gasteiger partial charge in [0.15, 0.2) is 0 Å². The summed E-state index contributed by atoms with van der Waals surface area (Å²) in [6.07, 6.45) is 9.57. The van der Waals surface area contributed by atoms with Gasteiger partial charge in [-0.15, -0.1) is 0 Å². The molecule has 66 valence electrons. The average Bonchev–Trinajstić information content (AvgIpc) is 2.83. The number of halogens is 2. The molecule has 0 amide bonds. The molecule has 3 heteroatoms. The molecule has 0 aromatic heterocycles. The Morgan fingerprint density at radius 2 is 2.25 bits per heavy atom. The molecule has 0 spiro atoms. The first-order chi connectivity index (χ1) is 5.77. The Morgan fingerprint density at radius 3 is 2.92 bits per heavy atom. The van der Waals surface area contributed by atoms with E-state index in [1.807, 2.05) is 0 Å². The van der Waals surface area contributed by atoms with Crippen molar-refractivity contribution in [2.24, 2.45) is 0 Å². The van der Waals surface area contributed by atoms with E-state index in [4.69, 9.17) is 4.74 Å². The third-order valence-electron chi connectivity index (χ3n) is 1.98. The Kier molecular flexibility index (Phi) is 2.92. The summed E-state index contributed by atoms with van der Waals surface area (Å²) >= 11 is 5.97. The van der Waals surface area contributed by atoms with Gasteiger partial charge in [0.1, 0.15) is 0 Å². The number of allylic oxidation sites excluding steroid dienone is 2. The van der Waals surface area contributed by atoms with E-state index in [9.17, 15) is 0 Å². The van der Waals surface area contributed by atoms with Crippen molar-refractivity contribution < 1.29 is 4.74 Å². The summed E-state index contributed by atoms with van der Waals surface area (Å²) in [7, 11) is 0. The summed E-state index contributed by atoms with van der Waals surface area (Å²) in [6.45, 7) is 0. The highest BCUT2D eigenvalue weighted by Gasteiger charge is 2.30. The molecule has 0 aliphatic heterocycles. The molecule has 0 bridgehead atoms. The van der Waals surface area contributed by atoms with Gasteiger partial charge in [0.2, 0.25) is 0 Å². The van der Waals surface area contributed by atoms with Gasteiger partial charge in [-0.05, 0) is 35.4 Å². The lowest BCUT2D eigenvalue weighted by atomic mass is 10.1. The fourth-order valence-electron chi connectivity index (χ4n) is 1.14.